The highest BCUT2D eigenvalue weighted by Gasteiger charge is 2.11. The Kier molecular flexibility index (Phi) is 4.49. The van der Waals surface area contributed by atoms with E-state index in [0.717, 1.165) is 16.9 Å². The maximum Gasteiger partial charge on any atom is 0.335 e. The standard InChI is InChI=1S/C19H14ClNO3/c1-24-16-8-4-13(5-9-16)18-11-14(19(22)23)10-17(21-18)12-2-6-15(20)7-3-12/h2-11H,1H3,(H,22,23). The molecule has 0 spiro atoms. The third kappa shape index (κ3) is 3.39. The third-order valence-electron chi connectivity index (χ3n) is 3.60. The van der Waals surface area contributed by atoms with Gasteiger partial charge >= 0.3 is 5.97 Å². The Hall–Kier alpha value is -2.85. The lowest BCUT2D eigenvalue weighted by atomic mass is 10.0. The van der Waals surface area contributed by atoms with Gasteiger partial charge in [-0.25, -0.2) is 9.78 Å². The summed E-state index contributed by atoms with van der Waals surface area (Å²) in [6, 6.07) is 17.6. The molecular weight excluding hydrogens is 326 g/mol. The smallest absolute Gasteiger partial charge is 0.335 e. The van der Waals surface area contributed by atoms with Crippen molar-refractivity contribution in [1.82, 2.24) is 4.98 Å². The lowest BCUT2D eigenvalue weighted by Crippen LogP contribution is -2.00. The second-order valence-electron chi connectivity index (χ2n) is 5.17. The van der Waals surface area contributed by atoms with Gasteiger partial charge in [-0.3, -0.25) is 0 Å². The number of carboxylic acids is 1. The van der Waals surface area contributed by atoms with E-state index < -0.39 is 5.97 Å². The predicted octanol–water partition coefficient (Wildman–Crippen LogP) is 4.78. The molecule has 0 unspecified atom stereocenters. The van der Waals surface area contributed by atoms with Gasteiger partial charge in [0.1, 0.15) is 5.75 Å². The number of nitrogens with zero attached hydrogens (tertiary/aromatic N) is 1. The van der Waals surface area contributed by atoms with E-state index in [1.165, 1.54) is 0 Å². The number of methoxy groups -OCH3 is 1. The highest BCUT2D eigenvalue weighted by atomic mass is 35.5. The van der Waals surface area contributed by atoms with Crippen molar-refractivity contribution in [3.63, 3.8) is 0 Å². The predicted molar refractivity (Wildman–Crippen MR) is 93.6 cm³/mol. The van der Waals surface area contributed by atoms with Crippen molar-refractivity contribution < 1.29 is 14.6 Å². The summed E-state index contributed by atoms with van der Waals surface area (Å²) in [6.45, 7) is 0. The largest absolute Gasteiger partial charge is 0.497 e. The minimum atomic E-state index is -0.998. The first-order valence-electron chi connectivity index (χ1n) is 7.22. The molecule has 0 aliphatic heterocycles. The van der Waals surface area contributed by atoms with Crippen LogP contribution >= 0.6 is 11.6 Å². The molecule has 1 N–H and O–H groups in total. The Balaban J connectivity index is 2.11. The van der Waals surface area contributed by atoms with Gasteiger partial charge in [-0.05, 0) is 48.5 Å². The summed E-state index contributed by atoms with van der Waals surface area (Å²) in [4.78, 5) is 16.0. The van der Waals surface area contributed by atoms with E-state index in [4.69, 9.17) is 16.3 Å². The lowest BCUT2D eigenvalue weighted by Gasteiger charge is -2.08. The van der Waals surface area contributed by atoms with Crippen LogP contribution in [-0.4, -0.2) is 23.2 Å². The first kappa shape index (κ1) is 16.0. The molecule has 0 radical (unpaired) electrons. The molecule has 2 aromatic carbocycles. The number of hydrogen-bond donors (Lipinski definition) is 1. The molecule has 0 fully saturated rings. The Morgan fingerprint density at radius 1 is 0.958 bits per heavy atom. The Labute approximate surface area is 144 Å². The number of halogens is 1. The van der Waals surface area contributed by atoms with Crippen LogP contribution in [0.15, 0.2) is 60.7 Å². The summed E-state index contributed by atoms with van der Waals surface area (Å²) in [5.74, 6) is -0.270. The fourth-order valence-electron chi connectivity index (χ4n) is 2.33. The molecule has 24 heavy (non-hydrogen) atoms. The van der Waals surface area contributed by atoms with Gasteiger partial charge in [0.05, 0.1) is 24.1 Å². The van der Waals surface area contributed by atoms with Crippen LogP contribution in [0.25, 0.3) is 22.5 Å². The van der Waals surface area contributed by atoms with Crippen molar-refractivity contribution in [2.45, 2.75) is 0 Å². The number of rotatable bonds is 4. The average Bonchev–Trinajstić information content (AvgIpc) is 2.62. The topological polar surface area (TPSA) is 59.4 Å². The molecule has 0 aliphatic carbocycles. The number of pyridine rings is 1. The Bertz CT molecular complexity index is 874. The summed E-state index contributed by atoms with van der Waals surface area (Å²) in [5.41, 5.74) is 2.96. The molecule has 3 aromatic rings. The number of benzene rings is 2. The van der Waals surface area contributed by atoms with Gasteiger partial charge in [0, 0.05) is 16.1 Å². The van der Waals surface area contributed by atoms with Crippen molar-refractivity contribution in [3.8, 4) is 28.3 Å². The second-order valence-corrected chi connectivity index (χ2v) is 5.60. The van der Waals surface area contributed by atoms with Gasteiger partial charge in [-0.15, -0.1) is 0 Å². The number of hydrogen-bond acceptors (Lipinski definition) is 3. The molecular formula is C19H14ClNO3. The van der Waals surface area contributed by atoms with Crippen molar-refractivity contribution in [1.29, 1.82) is 0 Å². The van der Waals surface area contributed by atoms with Crippen LogP contribution in [-0.2, 0) is 0 Å². The molecule has 0 saturated heterocycles. The zero-order valence-corrected chi connectivity index (χ0v) is 13.6. The van der Waals surface area contributed by atoms with Crippen LogP contribution in [0, 0.1) is 0 Å². The molecule has 0 aliphatic rings. The molecule has 5 heteroatoms. The summed E-state index contributed by atoms with van der Waals surface area (Å²) < 4.78 is 5.14. The van der Waals surface area contributed by atoms with E-state index in [2.05, 4.69) is 4.98 Å². The van der Waals surface area contributed by atoms with E-state index in [9.17, 15) is 9.90 Å². The van der Waals surface area contributed by atoms with Crippen LogP contribution < -0.4 is 4.74 Å². The number of carbonyl (C=O) groups is 1. The Morgan fingerprint density at radius 3 is 1.92 bits per heavy atom. The fourth-order valence-corrected chi connectivity index (χ4v) is 2.46. The highest BCUT2D eigenvalue weighted by Crippen LogP contribution is 2.27. The van der Waals surface area contributed by atoms with E-state index in [1.54, 1.807) is 31.4 Å². The normalized spacial score (nSPS) is 10.4. The van der Waals surface area contributed by atoms with Gasteiger partial charge in [-0.2, -0.15) is 0 Å². The van der Waals surface area contributed by atoms with Gasteiger partial charge in [-0.1, -0.05) is 23.7 Å². The van der Waals surface area contributed by atoms with Crippen LogP contribution in [0.2, 0.25) is 5.02 Å². The fraction of sp³-hybridized carbons (Fsp3) is 0.0526. The molecule has 120 valence electrons. The second kappa shape index (κ2) is 6.72. The number of aromatic carboxylic acids is 1. The molecule has 1 heterocycles. The molecule has 3 rings (SSSR count). The minimum Gasteiger partial charge on any atom is -0.497 e. The van der Waals surface area contributed by atoms with Crippen LogP contribution in [0.5, 0.6) is 5.75 Å². The van der Waals surface area contributed by atoms with Gasteiger partial charge in [0.25, 0.3) is 0 Å². The first-order valence-corrected chi connectivity index (χ1v) is 7.60. The number of ether oxygens (including phenoxy) is 1. The molecule has 0 saturated carbocycles. The SMILES string of the molecule is COc1ccc(-c2cc(C(=O)O)cc(-c3ccc(Cl)cc3)n2)cc1. The Morgan fingerprint density at radius 2 is 1.46 bits per heavy atom. The molecule has 4 nitrogen and oxygen atoms in total. The van der Waals surface area contributed by atoms with Crippen LogP contribution in [0.1, 0.15) is 10.4 Å². The average molecular weight is 340 g/mol. The van der Waals surface area contributed by atoms with E-state index in [-0.39, 0.29) is 5.56 Å². The first-order chi connectivity index (χ1) is 11.6. The summed E-state index contributed by atoms with van der Waals surface area (Å²) in [5, 5.41) is 10.00. The zero-order valence-electron chi connectivity index (χ0n) is 12.9. The number of carboxylic acid groups (broad SMARTS) is 1. The van der Waals surface area contributed by atoms with E-state index in [0.29, 0.717) is 16.4 Å². The van der Waals surface area contributed by atoms with Crippen molar-refractivity contribution in [2.75, 3.05) is 7.11 Å². The van der Waals surface area contributed by atoms with Crippen LogP contribution in [0.4, 0.5) is 0 Å². The third-order valence-corrected chi connectivity index (χ3v) is 3.85. The lowest BCUT2D eigenvalue weighted by molar-refractivity contribution is 0.0697. The molecule has 0 atom stereocenters. The van der Waals surface area contributed by atoms with Gasteiger partial charge in [0.15, 0.2) is 0 Å². The van der Waals surface area contributed by atoms with Crippen molar-refractivity contribution >= 4 is 17.6 Å². The molecule has 0 amide bonds. The van der Waals surface area contributed by atoms with Crippen molar-refractivity contribution in [3.05, 3.63) is 71.2 Å². The van der Waals surface area contributed by atoms with Gasteiger partial charge < -0.3 is 9.84 Å². The quantitative estimate of drug-likeness (QED) is 0.743. The minimum absolute atomic E-state index is 0.181. The monoisotopic (exact) mass is 339 g/mol. The molecule has 1 aromatic heterocycles. The van der Waals surface area contributed by atoms with E-state index in [1.807, 2.05) is 36.4 Å². The summed E-state index contributed by atoms with van der Waals surface area (Å²) >= 11 is 5.91. The maximum absolute atomic E-state index is 11.5. The van der Waals surface area contributed by atoms with Gasteiger partial charge in [0.2, 0.25) is 0 Å². The van der Waals surface area contributed by atoms with E-state index >= 15 is 0 Å². The molecule has 0 bridgehead atoms. The summed E-state index contributed by atoms with van der Waals surface area (Å²) in [7, 11) is 1.59. The highest BCUT2D eigenvalue weighted by molar-refractivity contribution is 6.30. The zero-order chi connectivity index (χ0) is 17.1. The van der Waals surface area contributed by atoms with Crippen molar-refractivity contribution in [2.24, 2.45) is 0 Å². The maximum atomic E-state index is 11.5. The van der Waals surface area contributed by atoms with Crippen LogP contribution in [0.3, 0.4) is 0 Å². The summed E-state index contributed by atoms with van der Waals surface area (Å²) in [6.07, 6.45) is 0. The number of aromatic nitrogens is 1.